The summed E-state index contributed by atoms with van der Waals surface area (Å²) in [6.07, 6.45) is 3.08. The summed E-state index contributed by atoms with van der Waals surface area (Å²) in [4.78, 5) is 10.6. The first-order valence-electron chi connectivity index (χ1n) is 6.56. The van der Waals surface area contributed by atoms with Gasteiger partial charge in [-0.15, -0.1) is 10.2 Å². The van der Waals surface area contributed by atoms with Crippen LogP contribution in [0.3, 0.4) is 0 Å². The molecule has 10 heteroatoms. The van der Waals surface area contributed by atoms with Crippen molar-refractivity contribution in [2.24, 2.45) is 7.05 Å². The minimum atomic E-state index is -0.520. The third-order valence-corrected chi connectivity index (χ3v) is 3.13. The molecular weight excluding hydrogens is 290 g/mol. The fraction of sp³-hybridized carbons (Fsp3) is 0.333. The minimum Gasteiger partial charge on any atom is -0.414 e. The van der Waals surface area contributed by atoms with Gasteiger partial charge in [-0.25, -0.2) is 0 Å². The molecule has 0 atom stereocenters. The van der Waals surface area contributed by atoms with Crippen LogP contribution in [0.2, 0.25) is 0 Å². The van der Waals surface area contributed by atoms with Crippen LogP contribution >= 0.6 is 0 Å². The summed E-state index contributed by atoms with van der Waals surface area (Å²) >= 11 is 0. The van der Waals surface area contributed by atoms with Gasteiger partial charge < -0.3 is 4.42 Å². The van der Waals surface area contributed by atoms with Crippen molar-refractivity contribution in [1.29, 1.82) is 0 Å². The summed E-state index contributed by atoms with van der Waals surface area (Å²) in [5.41, 5.74) is 1.30. The molecule has 3 heterocycles. The maximum Gasteiger partial charge on any atom is 0.320 e. The highest BCUT2D eigenvalue weighted by Crippen LogP contribution is 2.30. The fourth-order valence-electron chi connectivity index (χ4n) is 2.10. The van der Waals surface area contributed by atoms with Crippen LogP contribution in [-0.2, 0) is 13.6 Å². The largest absolute Gasteiger partial charge is 0.414 e. The third-order valence-electron chi connectivity index (χ3n) is 3.13. The highest BCUT2D eigenvalue weighted by atomic mass is 16.6. The number of aryl methyl sites for hydroxylation is 3. The van der Waals surface area contributed by atoms with Gasteiger partial charge in [-0.1, -0.05) is 0 Å². The maximum atomic E-state index is 11.1. The standard InChI is InChI=1S/C12H13N7O3/c1-4-18-6-9(19(20)21)10(16-18)12-14-13-11(22-12)8-5-17(3)15-7(8)2/h5-6H,4H2,1-3H3. The van der Waals surface area contributed by atoms with Crippen molar-refractivity contribution in [2.45, 2.75) is 20.4 Å². The van der Waals surface area contributed by atoms with Gasteiger partial charge in [0, 0.05) is 19.8 Å². The van der Waals surface area contributed by atoms with Gasteiger partial charge >= 0.3 is 5.69 Å². The second-order valence-electron chi connectivity index (χ2n) is 4.69. The lowest BCUT2D eigenvalue weighted by Gasteiger charge is -1.90. The molecule has 0 fully saturated rings. The molecule has 0 saturated heterocycles. The topological polar surface area (TPSA) is 118 Å². The first kappa shape index (κ1) is 13.9. The Bertz CT molecular complexity index is 845. The van der Waals surface area contributed by atoms with Crippen molar-refractivity contribution >= 4 is 5.69 Å². The molecule has 3 aromatic heterocycles. The van der Waals surface area contributed by atoms with Crippen molar-refractivity contribution < 1.29 is 9.34 Å². The molecule has 0 aromatic carbocycles. The van der Waals surface area contributed by atoms with E-state index in [1.165, 1.54) is 10.9 Å². The summed E-state index contributed by atoms with van der Waals surface area (Å²) in [6.45, 7) is 4.15. The van der Waals surface area contributed by atoms with E-state index < -0.39 is 4.92 Å². The molecule has 0 aliphatic rings. The van der Waals surface area contributed by atoms with Gasteiger partial charge in [0.15, 0.2) is 0 Å². The molecule has 3 aromatic rings. The summed E-state index contributed by atoms with van der Waals surface area (Å²) < 4.78 is 8.62. The highest BCUT2D eigenvalue weighted by molar-refractivity contribution is 5.63. The number of hydrogen-bond acceptors (Lipinski definition) is 7. The summed E-state index contributed by atoms with van der Waals surface area (Å²) in [6, 6.07) is 0. The number of hydrogen-bond donors (Lipinski definition) is 0. The molecule has 0 aliphatic heterocycles. The predicted molar refractivity (Wildman–Crippen MR) is 74.8 cm³/mol. The van der Waals surface area contributed by atoms with E-state index in [9.17, 15) is 10.1 Å². The first-order chi connectivity index (χ1) is 10.5. The summed E-state index contributed by atoms with van der Waals surface area (Å²) in [5.74, 6) is 0.262. The van der Waals surface area contributed by atoms with Crippen molar-refractivity contribution in [3.8, 4) is 23.0 Å². The second-order valence-corrected chi connectivity index (χ2v) is 4.69. The van der Waals surface area contributed by atoms with Crippen LogP contribution < -0.4 is 0 Å². The van der Waals surface area contributed by atoms with Crippen LogP contribution in [-0.4, -0.2) is 34.7 Å². The molecule has 3 rings (SSSR count). The van der Waals surface area contributed by atoms with Crippen molar-refractivity contribution in [2.75, 3.05) is 0 Å². The van der Waals surface area contributed by atoms with E-state index in [1.54, 1.807) is 17.9 Å². The first-order valence-corrected chi connectivity index (χ1v) is 6.56. The van der Waals surface area contributed by atoms with Crippen LogP contribution in [0.15, 0.2) is 16.8 Å². The van der Waals surface area contributed by atoms with Gasteiger partial charge in [-0.3, -0.25) is 19.5 Å². The monoisotopic (exact) mass is 303 g/mol. The maximum absolute atomic E-state index is 11.1. The Labute approximate surface area is 124 Å². The molecule has 0 radical (unpaired) electrons. The van der Waals surface area contributed by atoms with Gasteiger partial charge in [0.1, 0.15) is 6.20 Å². The molecule has 114 valence electrons. The number of nitrogens with zero attached hydrogens (tertiary/aromatic N) is 7. The molecule has 0 amide bonds. The number of rotatable bonds is 4. The quantitative estimate of drug-likeness (QED) is 0.530. The Hall–Kier alpha value is -3.04. The Kier molecular flexibility index (Phi) is 3.20. The number of aromatic nitrogens is 6. The lowest BCUT2D eigenvalue weighted by Crippen LogP contribution is -1.93. The summed E-state index contributed by atoms with van der Waals surface area (Å²) in [7, 11) is 1.78. The third kappa shape index (κ3) is 2.24. The minimum absolute atomic E-state index is 0.0113. The molecule has 10 nitrogen and oxygen atoms in total. The van der Waals surface area contributed by atoms with E-state index in [4.69, 9.17) is 4.42 Å². The van der Waals surface area contributed by atoms with E-state index in [0.29, 0.717) is 12.1 Å². The Morgan fingerprint density at radius 2 is 2.00 bits per heavy atom. The average Bonchev–Trinajstić information content (AvgIpc) is 3.15. The van der Waals surface area contributed by atoms with Crippen LogP contribution in [0, 0.1) is 17.0 Å². The fourth-order valence-corrected chi connectivity index (χ4v) is 2.10. The van der Waals surface area contributed by atoms with Gasteiger partial charge in [0.25, 0.3) is 11.8 Å². The van der Waals surface area contributed by atoms with E-state index in [1.807, 2.05) is 13.8 Å². The van der Waals surface area contributed by atoms with Crippen molar-refractivity contribution in [3.63, 3.8) is 0 Å². The van der Waals surface area contributed by atoms with Crippen molar-refractivity contribution in [1.82, 2.24) is 29.8 Å². The Morgan fingerprint density at radius 3 is 2.59 bits per heavy atom. The number of nitro groups is 1. The van der Waals surface area contributed by atoms with Crippen LogP contribution in [0.1, 0.15) is 12.6 Å². The smallest absolute Gasteiger partial charge is 0.320 e. The lowest BCUT2D eigenvalue weighted by molar-refractivity contribution is -0.384. The summed E-state index contributed by atoms with van der Waals surface area (Å²) in [5, 5.41) is 27.2. The van der Waals surface area contributed by atoms with Crippen LogP contribution in [0.4, 0.5) is 5.69 Å². The van der Waals surface area contributed by atoms with Gasteiger partial charge in [-0.05, 0) is 13.8 Å². The van der Waals surface area contributed by atoms with Crippen LogP contribution in [0.25, 0.3) is 23.0 Å². The van der Waals surface area contributed by atoms with E-state index in [-0.39, 0.29) is 23.2 Å². The van der Waals surface area contributed by atoms with E-state index in [0.717, 1.165) is 5.69 Å². The Morgan fingerprint density at radius 1 is 1.27 bits per heavy atom. The molecular formula is C12H13N7O3. The molecule has 0 bridgehead atoms. The molecule has 22 heavy (non-hydrogen) atoms. The van der Waals surface area contributed by atoms with E-state index >= 15 is 0 Å². The van der Waals surface area contributed by atoms with E-state index in [2.05, 4.69) is 20.4 Å². The molecule has 0 saturated carbocycles. The zero-order chi connectivity index (χ0) is 15.9. The van der Waals surface area contributed by atoms with Gasteiger partial charge in [0.2, 0.25) is 5.69 Å². The Balaban J connectivity index is 2.06. The second kappa shape index (κ2) is 5.06. The lowest BCUT2D eigenvalue weighted by atomic mass is 10.3. The molecule has 0 aliphatic carbocycles. The predicted octanol–water partition coefficient (Wildman–Crippen LogP) is 1.57. The molecule has 0 N–H and O–H groups in total. The zero-order valence-corrected chi connectivity index (χ0v) is 12.2. The zero-order valence-electron chi connectivity index (χ0n) is 12.2. The van der Waals surface area contributed by atoms with Crippen LogP contribution in [0.5, 0.6) is 0 Å². The highest BCUT2D eigenvalue weighted by Gasteiger charge is 2.26. The molecule has 0 unspecified atom stereocenters. The SMILES string of the molecule is CCn1cc([N+](=O)[O-])c(-c2nnc(-c3cn(C)nc3C)o2)n1. The van der Waals surface area contributed by atoms with Gasteiger partial charge in [0.05, 0.1) is 16.2 Å². The van der Waals surface area contributed by atoms with Crippen molar-refractivity contribution in [3.05, 3.63) is 28.2 Å². The average molecular weight is 303 g/mol. The normalized spacial score (nSPS) is 11.0. The van der Waals surface area contributed by atoms with Gasteiger partial charge in [-0.2, -0.15) is 10.2 Å². The molecule has 0 spiro atoms.